The third-order valence-electron chi connectivity index (χ3n) is 2.82. The van der Waals surface area contributed by atoms with Crippen LogP contribution in [0.3, 0.4) is 0 Å². The molecule has 20 heavy (non-hydrogen) atoms. The van der Waals surface area contributed by atoms with Crippen molar-refractivity contribution in [2.45, 2.75) is 33.1 Å². The normalized spacial score (nSPS) is 11.7. The van der Waals surface area contributed by atoms with Gasteiger partial charge in [-0.2, -0.15) is 0 Å². The molecule has 0 radical (unpaired) electrons. The van der Waals surface area contributed by atoms with Crippen molar-refractivity contribution in [3.8, 4) is 5.75 Å². The van der Waals surface area contributed by atoms with Gasteiger partial charge >= 0.3 is 5.97 Å². The Morgan fingerprint density at radius 3 is 2.50 bits per heavy atom. The molecule has 110 valence electrons. The number of benzene rings is 1. The molecule has 0 aliphatic heterocycles. The third-order valence-corrected chi connectivity index (χ3v) is 2.82. The lowest BCUT2D eigenvalue weighted by molar-refractivity contribution is -0.139. The first-order valence-electron chi connectivity index (χ1n) is 6.75. The lowest BCUT2D eigenvalue weighted by Gasteiger charge is -2.11. The standard InChI is InChI=1S/C15H21NO4/c1-3-4-11(2)9-14(17)16-12-5-7-13(8-6-12)20-10-15(18)19/h5-8,11H,3-4,9-10H2,1-2H3,(H,16,17)(H,18,19). The van der Waals surface area contributed by atoms with Crippen LogP contribution in [0.25, 0.3) is 0 Å². The van der Waals surface area contributed by atoms with Crippen LogP contribution >= 0.6 is 0 Å². The minimum Gasteiger partial charge on any atom is -0.482 e. The quantitative estimate of drug-likeness (QED) is 0.767. The van der Waals surface area contributed by atoms with E-state index in [1.165, 1.54) is 0 Å². The van der Waals surface area contributed by atoms with Gasteiger partial charge in [-0.25, -0.2) is 4.79 Å². The topological polar surface area (TPSA) is 75.6 Å². The lowest BCUT2D eigenvalue weighted by atomic mass is 10.0. The number of amides is 1. The Balaban J connectivity index is 2.44. The Bertz CT molecular complexity index is 442. The molecular formula is C15H21NO4. The van der Waals surface area contributed by atoms with Crippen LogP contribution < -0.4 is 10.1 Å². The zero-order valence-corrected chi connectivity index (χ0v) is 11.9. The molecule has 0 saturated heterocycles. The van der Waals surface area contributed by atoms with E-state index >= 15 is 0 Å². The summed E-state index contributed by atoms with van der Waals surface area (Å²) in [6.45, 7) is 3.79. The van der Waals surface area contributed by atoms with E-state index in [1.54, 1.807) is 24.3 Å². The van der Waals surface area contributed by atoms with Crippen molar-refractivity contribution in [1.82, 2.24) is 0 Å². The lowest BCUT2D eigenvalue weighted by Crippen LogP contribution is -2.15. The van der Waals surface area contributed by atoms with Crippen LogP contribution in [0.4, 0.5) is 5.69 Å². The summed E-state index contributed by atoms with van der Waals surface area (Å²) < 4.78 is 5.01. The third kappa shape index (κ3) is 6.22. The highest BCUT2D eigenvalue weighted by Crippen LogP contribution is 2.17. The highest BCUT2D eigenvalue weighted by Gasteiger charge is 2.08. The van der Waals surface area contributed by atoms with E-state index in [4.69, 9.17) is 9.84 Å². The maximum Gasteiger partial charge on any atom is 0.341 e. The molecule has 0 aromatic heterocycles. The number of carbonyl (C=O) groups is 2. The second kappa shape index (κ2) is 8.19. The van der Waals surface area contributed by atoms with Gasteiger partial charge < -0.3 is 15.2 Å². The molecule has 1 aromatic rings. The van der Waals surface area contributed by atoms with Gasteiger partial charge in [-0.1, -0.05) is 26.7 Å². The van der Waals surface area contributed by atoms with Gasteiger partial charge in [0, 0.05) is 12.1 Å². The van der Waals surface area contributed by atoms with Crippen LogP contribution in [0, 0.1) is 5.92 Å². The number of aliphatic carboxylic acids is 1. The SMILES string of the molecule is CCCC(C)CC(=O)Nc1ccc(OCC(=O)O)cc1. The molecule has 5 nitrogen and oxygen atoms in total. The van der Waals surface area contributed by atoms with E-state index in [1.807, 2.05) is 0 Å². The highest BCUT2D eigenvalue weighted by atomic mass is 16.5. The Kier molecular flexibility index (Phi) is 6.56. The Morgan fingerprint density at radius 1 is 1.30 bits per heavy atom. The van der Waals surface area contributed by atoms with Crippen LogP contribution in [0.15, 0.2) is 24.3 Å². The van der Waals surface area contributed by atoms with Crippen molar-refractivity contribution in [2.24, 2.45) is 5.92 Å². The minimum atomic E-state index is -1.02. The van der Waals surface area contributed by atoms with Crippen LogP contribution in [-0.2, 0) is 9.59 Å². The summed E-state index contributed by atoms with van der Waals surface area (Å²) in [5.41, 5.74) is 0.682. The molecule has 0 heterocycles. The monoisotopic (exact) mass is 279 g/mol. The number of nitrogens with one attached hydrogen (secondary N) is 1. The Labute approximate surface area is 118 Å². The highest BCUT2D eigenvalue weighted by molar-refractivity contribution is 5.90. The summed E-state index contributed by atoms with van der Waals surface area (Å²) >= 11 is 0. The number of carboxylic acids is 1. The largest absolute Gasteiger partial charge is 0.482 e. The van der Waals surface area contributed by atoms with Crippen molar-refractivity contribution >= 4 is 17.6 Å². The minimum absolute atomic E-state index is 0.00912. The number of carboxylic acid groups (broad SMARTS) is 1. The van der Waals surface area contributed by atoms with Crippen molar-refractivity contribution in [3.05, 3.63) is 24.3 Å². The smallest absolute Gasteiger partial charge is 0.341 e. The number of hydrogen-bond acceptors (Lipinski definition) is 3. The summed E-state index contributed by atoms with van der Waals surface area (Å²) in [6, 6.07) is 6.65. The zero-order valence-electron chi connectivity index (χ0n) is 11.9. The summed E-state index contributed by atoms with van der Waals surface area (Å²) in [4.78, 5) is 22.1. The van der Waals surface area contributed by atoms with Gasteiger partial charge in [-0.15, -0.1) is 0 Å². The summed E-state index contributed by atoms with van der Waals surface area (Å²) in [5, 5.41) is 11.3. The first-order chi connectivity index (χ1) is 9.51. The molecule has 2 N–H and O–H groups in total. The van der Waals surface area contributed by atoms with Gasteiger partial charge in [0.2, 0.25) is 5.91 Å². The van der Waals surface area contributed by atoms with Crippen molar-refractivity contribution in [1.29, 1.82) is 0 Å². The Hall–Kier alpha value is -2.04. The maximum atomic E-state index is 11.8. The molecule has 1 atom stereocenters. The number of hydrogen-bond donors (Lipinski definition) is 2. The molecule has 0 aliphatic carbocycles. The van der Waals surface area contributed by atoms with Crippen LogP contribution in [-0.4, -0.2) is 23.6 Å². The molecule has 0 bridgehead atoms. The molecule has 1 amide bonds. The first kappa shape index (κ1) is 16.0. The molecular weight excluding hydrogens is 258 g/mol. The van der Waals surface area contributed by atoms with E-state index in [-0.39, 0.29) is 12.5 Å². The van der Waals surface area contributed by atoms with Gasteiger partial charge in [-0.3, -0.25) is 4.79 Å². The number of rotatable bonds is 8. The van der Waals surface area contributed by atoms with Gasteiger partial charge in [0.15, 0.2) is 6.61 Å². The average Bonchev–Trinajstić information content (AvgIpc) is 2.37. The molecule has 0 fully saturated rings. The van der Waals surface area contributed by atoms with Crippen LogP contribution in [0.2, 0.25) is 0 Å². The zero-order chi connectivity index (χ0) is 15.0. The van der Waals surface area contributed by atoms with E-state index in [2.05, 4.69) is 19.2 Å². The van der Waals surface area contributed by atoms with E-state index in [0.29, 0.717) is 23.8 Å². The van der Waals surface area contributed by atoms with Crippen molar-refractivity contribution in [3.63, 3.8) is 0 Å². The number of anilines is 1. The van der Waals surface area contributed by atoms with Gasteiger partial charge in [0.05, 0.1) is 0 Å². The first-order valence-corrected chi connectivity index (χ1v) is 6.75. The summed E-state index contributed by atoms with van der Waals surface area (Å²) in [5.74, 6) is -0.194. The van der Waals surface area contributed by atoms with Crippen LogP contribution in [0.5, 0.6) is 5.75 Å². The predicted octanol–water partition coefficient (Wildman–Crippen LogP) is 2.91. The van der Waals surface area contributed by atoms with Crippen molar-refractivity contribution in [2.75, 3.05) is 11.9 Å². The molecule has 0 saturated carbocycles. The maximum absolute atomic E-state index is 11.8. The number of ether oxygens (including phenoxy) is 1. The van der Waals surface area contributed by atoms with E-state index < -0.39 is 5.97 Å². The van der Waals surface area contributed by atoms with Crippen molar-refractivity contribution < 1.29 is 19.4 Å². The molecule has 0 spiro atoms. The second-order valence-corrected chi connectivity index (χ2v) is 4.85. The molecule has 1 aromatic carbocycles. The predicted molar refractivity (Wildman–Crippen MR) is 76.9 cm³/mol. The number of carbonyl (C=O) groups excluding carboxylic acids is 1. The molecule has 5 heteroatoms. The Morgan fingerprint density at radius 2 is 1.95 bits per heavy atom. The van der Waals surface area contributed by atoms with Crippen LogP contribution in [0.1, 0.15) is 33.1 Å². The fourth-order valence-corrected chi connectivity index (χ4v) is 1.90. The van der Waals surface area contributed by atoms with E-state index in [9.17, 15) is 9.59 Å². The molecule has 1 unspecified atom stereocenters. The summed E-state index contributed by atoms with van der Waals surface area (Å²) in [6.07, 6.45) is 2.62. The fraction of sp³-hybridized carbons (Fsp3) is 0.467. The second-order valence-electron chi connectivity index (χ2n) is 4.85. The van der Waals surface area contributed by atoms with Gasteiger partial charge in [-0.05, 0) is 30.2 Å². The fourth-order valence-electron chi connectivity index (χ4n) is 1.90. The summed E-state index contributed by atoms with van der Waals surface area (Å²) in [7, 11) is 0. The average molecular weight is 279 g/mol. The van der Waals surface area contributed by atoms with Gasteiger partial charge in [0.1, 0.15) is 5.75 Å². The van der Waals surface area contributed by atoms with E-state index in [0.717, 1.165) is 12.8 Å². The molecule has 0 aliphatic rings. The molecule has 1 rings (SSSR count). The van der Waals surface area contributed by atoms with Gasteiger partial charge in [0.25, 0.3) is 0 Å².